The molecular weight excluding hydrogens is 1640 g/mol. The zero-order valence-electron chi connectivity index (χ0n) is 70.5. The van der Waals surface area contributed by atoms with Gasteiger partial charge in [0.25, 0.3) is 0 Å². The van der Waals surface area contributed by atoms with Crippen LogP contribution in [0.3, 0.4) is 0 Å². The highest BCUT2D eigenvalue weighted by Crippen LogP contribution is 2.46. The monoisotopic (exact) mass is 1720 g/mol. The number of ether oxygens (including phenoxy) is 8. The molecule has 0 radical (unpaired) electrons. The number of carbonyl (C=O) groups is 8. The third-order valence-corrected chi connectivity index (χ3v) is 22.0. The van der Waals surface area contributed by atoms with Crippen LogP contribution < -0.4 is 80.4 Å². The number of benzene rings is 12. The lowest BCUT2D eigenvalue weighted by Crippen LogP contribution is -2.24. The second-order valence-corrected chi connectivity index (χ2v) is 30.4. The third-order valence-electron chi connectivity index (χ3n) is 22.0. The van der Waals surface area contributed by atoms with Gasteiger partial charge < -0.3 is 80.4 Å². The zero-order valence-corrected chi connectivity index (χ0v) is 70.5. The molecule has 0 saturated carbocycles. The summed E-state index contributed by atoms with van der Waals surface area (Å²) >= 11 is 0. The topological polar surface area (TPSA) is 375 Å². The maximum absolute atomic E-state index is 13.8. The van der Waals surface area contributed by atoms with Gasteiger partial charge in [-0.1, -0.05) is 60.7 Å². The van der Waals surface area contributed by atoms with Crippen molar-refractivity contribution in [3.8, 4) is 81.1 Å². The average Bonchev–Trinajstić information content (AvgIpc) is 1.65. The summed E-state index contributed by atoms with van der Waals surface area (Å²) in [7, 11) is 6.27. The Hall–Kier alpha value is -16.4. The Morgan fingerprint density at radius 3 is 0.961 bits per heavy atom. The first kappa shape index (κ1) is 89.4. The summed E-state index contributed by atoms with van der Waals surface area (Å²) < 4.78 is 73.1. The molecule has 4 saturated heterocycles. The van der Waals surface area contributed by atoms with Crippen LogP contribution in [0, 0.1) is 48.1 Å². The van der Waals surface area contributed by atoms with Gasteiger partial charge in [0.05, 0.1) is 51.7 Å². The molecule has 4 unspecified atom stereocenters. The molecule has 12 aromatic rings. The van der Waals surface area contributed by atoms with Crippen molar-refractivity contribution in [1.82, 2.24) is 0 Å². The number of rotatable bonds is 24. The fraction of sp³-hybridized carbons (Fsp3) is 0.180. The maximum Gasteiger partial charge on any atom is 0.248 e. The minimum absolute atomic E-state index is 0.0447. The third kappa shape index (κ3) is 21.4. The van der Waals surface area contributed by atoms with Crippen LogP contribution in [0.1, 0.15) is 135 Å². The molecule has 4 atom stereocenters. The fourth-order valence-corrected chi connectivity index (χ4v) is 15.4. The number of hydrogen-bond donors (Lipinski definition) is 4. The van der Waals surface area contributed by atoms with E-state index in [0.29, 0.717) is 170 Å². The number of nitrogens with two attached hydrogens (primary N) is 4. The number of amides is 8. The highest BCUT2D eigenvalue weighted by atomic mass is 19.1. The summed E-state index contributed by atoms with van der Waals surface area (Å²) in [4.78, 5) is 104. The van der Waals surface area contributed by atoms with Crippen LogP contribution in [0.5, 0.6) is 69.0 Å². The standard InChI is InChI=1S/2C25H23FN2O4.2C25H21N3O4/c1-15-10-18(26)6-9-22(15)32-23-13-20(31-2)7-8-21(23)17-12-24(29)28(14-17)19-5-3-4-16(11-19)25(27)30;1-15-6-7-18(26)12-22(15)32-23-13-20(31-2)8-9-21(23)17-11-24(29)28(14-17)19-5-3-4-16(10-19)25(27)30;1-31-20-8-9-22(23(13-20)32-21-7-2-4-16(10-21)14-26)18-12-24(29)28(15-18)19-6-3-5-17(11-19)25(27)30;1-31-21-9-10-22(23(13-21)32-20-7-5-16(14-26)6-8-20)18-12-24(29)28(15-18)19-4-2-3-17(11-19)25(27)30/h3-11,13,17H,12,14H2,1-2H3,(H2,27,30);3-10,12-13,17H,11,14H2,1-2H3,(H2,27,30);2*2-11,13,18H,12,15H2,1H3,(H2,27,30). The van der Waals surface area contributed by atoms with Gasteiger partial charge >= 0.3 is 0 Å². The van der Waals surface area contributed by atoms with Gasteiger partial charge in [0.1, 0.15) is 80.6 Å². The van der Waals surface area contributed by atoms with E-state index in [0.717, 1.165) is 27.8 Å². The molecule has 8 N–H and O–H groups in total. The first-order valence-corrected chi connectivity index (χ1v) is 40.4. The quantitative estimate of drug-likeness (QED) is 0.0436. The molecule has 648 valence electrons. The van der Waals surface area contributed by atoms with E-state index in [1.54, 1.807) is 237 Å². The van der Waals surface area contributed by atoms with Gasteiger partial charge in [0.2, 0.25) is 47.3 Å². The summed E-state index contributed by atoms with van der Waals surface area (Å²) in [6.07, 6.45) is 1.15. The van der Waals surface area contributed by atoms with Crippen LogP contribution >= 0.6 is 0 Å². The van der Waals surface area contributed by atoms with Crippen molar-refractivity contribution in [2.75, 3.05) is 74.2 Å². The van der Waals surface area contributed by atoms with Gasteiger partial charge in [-0.25, -0.2) is 8.78 Å². The SMILES string of the molecule is COc1ccc(C2CC(=O)N(c3cccc(C(N)=O)c3)C2)c(Oc2cc(F)ccc2C)c1.COc1ccc(C2CC(=O)N(c3cccc(C(N)=O)c3)C2)c(Oc2ccc(C#N)cc2)c1.COc1ccc(C2CC(=O)N(c3cccc(C(N)=O)c3)C2)c(Oc2ccc(F)cc2C)c1.COc1ccc(C2CC(=O)N(c3cccc(C(N)=O)c3)C2)c(Oc2cccc(C#N)c2)c1. The molecule has 128 heavy (non-hydrogen) atoms. The predicted molar refractivity (Wildman–Crippen MR) is 476 cm³/mol. The minimum Gasteiger partial charge on any atom is -0.497 e. The summed E-state index contributed by atoms with van der Waals surface area (Å²) in [5.41, 5.74) is 31.3. The van der Waals surface area contributed by atoms with E-state index in [1.807, 2.05) is 55.5 Å². The molecule has 0 bridgehead atoms. The number of halogens is 2. The molecular formula is C100H88F2N10O16. The number of nitriles is 2. The van der Waals surface area contributed by atoms with Crippen LogP contribution in [0.2, 0.25) is 0 Å². The van der Waals surface area contributed by atoms with E-state index in [-0.39, 0.29) is 66.0 Å². The van der Waals surface area contributed by atoms with Crippen molar-refractivity contribution in [3.05, 3.63) is 333 Å². The molecule has 4 aliphatic heterocycles. The van der Waals surface area contributed by atoms with Crippen LogP contribution in [-0.2, 0) is 19.2 Å². The van der Waals surface area contributed by atoms with Gasteiger partial charge in [0.15, 0.2) is 0 Å². The Morgan fingerprint density at radius 2 is 0.625 bits per heavy atom. The molecule has 0 aromatic heterocycles. The normalized spacial score (nSPS) is 15.5. The summed E-state index contributed by atoms with van der Waals surface area (Å²) in [6, 6.07) is 75.4. The van der Waals surface area contributed by atoms with Gasteiger partial charge in [0, 0.05) is 173 Å². The number of carbonyl (C=O) groups excluding carboxylic acids is 8. The van der Waals surface area contributed by atoms with E-state index < -0.39 is 29.4 Å². The Bertz CT molecular complexity index is 6350. The molecule has 4 aliphatic rings. The van der Waals surface area contributed by atoms with Crippen molar-refractivity contribution in [3.63, 3.8) is 0 Å². The van der Waals surface area contributed by atoms with E-state index >= 15 is 0 Å². The van der Waals surface area contributed by atoms with Crippen molar-refractivity contribution in [1.29, 1.82) is 10.5 Å². The fourth-order valence-electron chi connectivity index (χ4n) is 15.4. The van der Waals surface area contributed by atoms with Gasteiger partial charge in [-0.3, -0.25) is 38.4 Å². The number of primary amides is 4. The Kier molecular flexibility index (Phi) is 28.2. The zero-order chi connectivity index (χ0) is 91.0. The van der Waals surface area contributed by atoms with E-state index in [9.17, 15) is 47.1 Å². The lowest BCUT2D eigenvalue weighted by atomic mass is 9.97. The number of nitrogens with zero attached hydrogens (tertiary/aromatic N) is 6. The smallest absolute Gasteiger partial charge is 0.248 e. The molecule has 4 fully saturated rings. The van der Waals surface area contributed by atoms with Crippen LogP contribution in [-0.4, -0.2) is 102 Å². The van der Waals surface area contributed by atoms with Crippen LogP contribution in [0.25, 0.3) is 0 Å². The van der Waals surface area contributed by atoms with E-state index in [1.165, 1.54) is 24.3 Å². The Labute approximate surface area is 736 Å². The molecule has 12 aromatic carbocycles. The van der Waals surface area contributed by atoms with Crippen molar-refractivity contribution >= 4 is 70.0 Å². The second kappa shape index (κ2) is 40.3. The largest absolute Gasteiger partial charge is 0.497 e. The van der Waals surface area contributed by atoms with Gasteiger partial charge in [-0.15, -0.1) is 0 Å². The number of aryl methyl sites for hydroxylation is 2. The summed E-state index contributed by atoms with van der Waals surface area (Å²) in [5, 5.41) is 18.2. The predicted octanol–water partition coefficient (Wildman–Crippen LogP) is 17.1. The molecule has 0 spiro atoms. The van der Waals surface area contributed by atoms with Crippen LogP contribution in [0.15, 0.2) is 255 Å². The highest BCUT2D eigenvalue weighted by molar-refractivity contribution is 6.03. The lowest BCUT2D eigenvalue weighted by molar-refractivity contribution is -0.118. The molecule has 16 rings (SSSR count). The Morgan fingerprint density at radius 1 is 0.312 bits per heavy atom. The minimum atomic E-state index is -0.550. The van der Waals surface area contributed by atoms with Crippen molar-refractivity contribution in [2.45, 2.75) is 63.2 Å². The molecule has 28 heteroatoms. The average molecular weight is 1720 g/mol. The highest BCUT2D eigenvalue weighted by Gasteiger charge is 2.39. The molecule has 8 amide bonds. The van der Waals surface area contributed by atoms with Gasteiger partial charge in [-0.2, -0.15) is 10.5 Å². The van der Waals surface area contributed by atoms with Gasteiger partial charge in [-0.05, 0) is 189 Å². The summed E-state index contributed by atoms with van der Waals surface area (Å²) in [6.45, 7) is 5.31. The first-order valence-electron chi connectivity index (χ1n) is 40.4. The molecule has 0 aliphatic carbocycles. The molecule has 26 nitrogen and oxygen atoms in total. The Balaban J connectivity index is 0.000000146. The first-order chi connectivity index (χ1) is 61.7. The lowest BCUT2D eigenvalue weighted by Gasteiger charge is -2.20. The second-order valence-electron chi connectivity index (χ2n) is 30.4. The number of methoxy groups -OCH3 is 4. The van der Waals surface area contributed by atoms with Crippen molar-refractivity contribution in [2.24, 2.45) is 22.9 Å². The summed E-state index contributed by atoms with van der Waals surface area (Å²) in [5.74, 6) is 3.00. The van der Waals surface area contributed by atoms with E-state index in [2.05, 4.69) is 12.1 Å². The van der Waals surface area contributed by atoms with Crippen molar-refractivity contribution < 1.29 is 85.0 Å². The molecule has 4 heterocycles. The number of hydrogen-bond acceptors (Lipinski definition) is 18. The van der Waals surface area contributed by atoms with Crippen LogP contribution in [0.4, 0.5) is 31.5 Å². The maximum atomic E-state index is 13.8. The van der Waals surface area contributed by atoms with E-state index in [4.69, 9.17) is 71.4 Å². The number of anilines is 4.